The van der Waals surface area contributed by atoms with E-state index in [0.717, 1.165) is 18.9 Å². The predicted octanol–water partition coefficient (Wildman–Crippen LogP) is 1.31. The third-order valence-corrected chi connectivity index (χ3v) is 3.09. The first-order chi connectivity index (χ1) is 8.70. The van der Waals surface area contributed by atoms with Crippen LogP contribution >= 0.6 is 0 Å². The summed E-state index contributed by atoms with van der Waals surface area (Å²) >= 11 is 0. The van der Waals surface area contributed by atoms with E-state index in [-0.39, 0.29) is 11.7 Å². The van der Waals surface area contributed by atoms with Crippen molar-refractivity contribution in [2.45, 2.75) is 19.3 Å². The maximum atomic E-state index is 11.8. The highest BCUT2D eigenvalue weighted by atomic mass is 16.4. The molecule has 1 aliphatic rings. The SMILES string of the molecule is NC(=NO)c1ccc(C(=O)NCCC2CC2)cc1. The zero-order valence-corrected chi connectivity index (χ0v) is 10.1. The number of nitrogens with one attached hydrogen (secondary N) is 1. The highest BCUT2D eigenvalue weighted by Gasteiger charge is 2.20. The number of nitrogens with zero attached hydrogens (tertiary/aromatic N) is 1. The maximum absolute atomic E-state index is 11.8. The van der Waals surface area contributed by atoms with Gasteiger partial charge in [0.25, 0.3) is 5.91 Å². The summed E-state index contributed by atoms with van der Waals surface area (Å²) in [5.41, 5.74) is 6.61. The molecule has 1 fully saturated rings. The van der Waals surface area contributed by atoms with E-state index in [1.807, 2.05) is 0 Å². The quantitative estimate of drug-likeness (QED) is 0.317. The van der Waals surface area contributed by atoms with Crippen LogP contribution in [0, 0.1) is 5.92 Å². The van der Waals surface area contributed by atoms with Gasteiger partial charge in [0, 0.05) is 17.7 Å². The van der Waals surface area contributed by atoms with Gasteiger partial charge in [-0.15, -0.1) is 0 Å². The van der Waals surface area contributed by atoms with E-state index in [2.05, 4.69) is 10.5 Å². The van der Waals surface area contributed by atoms with Crippen LogP contribution in [-0.2, 0) is 0 Å². The highest BCUT2D eigenvalue weighted by molar-refractivity contribution is 5.99. The number of carbonyl (C=O) groups is 1. The minimum absolute atomic E-state index is 0.0377. The van der Waals surface area contributed by atoms with Crippen LogP contribution in [0.3, 0.4) is 0 Å². The smallest absolute Gasteiger partial charge is 0.251 e. The van der Waals surface area contributed by atoms with E-state index in [4.69, 9.17) is 10.9 Å². The average molecular weight is 247 g/mol. The molecule has 0 aromatic heterocycles. The van der Waals surface area contributed by atoms with Crippen molar-refractivity contribution in [2.75, 3.05) is 6.54 Å². The molecule has 0 heterocycles. The van der Waals surface area contributed by atoms with E-state index in [9.17, 15) is 4.79 Å². The molecule has 2 rings (SSSR count). The minimum Gasteiger partial charge on any atom is -0.409 e. The summed E-state index contributed by atoms with van der Waals surface area (Å²) in [6, 6.07) is 6.65. The number of rotatable bonds is 5. The predicted molar refractivity (Wildman–Crippen MR) is 68.6 cm³/mol. The maximum Gasteiger partial charge on any atom is 0.251 e. The molecule has 5 nitrogen and oxygen atoms in total. The molecule has 5 heteroatoms. The number of carbonyl (C=O) groups excluding carboxylic acids is 1. The summed E-state index contributed by atoms with van der Waals surface area (Å²) in [7, 11) is 0. The van der Waals surface area contributed by atoms with E-state index < -0.39 is 0 Å². The number of benzene rings is 1. The molecule has 0 unspecified atom stereocenters. The molecule has 0 aliphatic heterocycles. The summed E-state index contributed by atoms with van der Waals surface area (Å²) in [5, 5.41) is 14.3. The number of nitrogens with two attached hydrogens (primary N) is 1. The Balaban J connectivity index is 1.89. The van der Waals surface area contributed by atoms with Crippen molar-refractivity contribution in [1.82, 2.24) is 5.32 Å². The lowest BCUT2D eigenvalue weighted by atomic mass is 10.1. The Hall–Kier alpha value is -2.04. The zero-order chi connectivity index (χ0) is 13.0. The van der Waals surface area contributed by atoms with Crippen LogP contribution in [0.15, 0.2) is 29.4 Å². The first kappa shape index (κ1) is 12.4. The highest BCUT2D eigenvalue weighted by Crippen LogP contribution is 2.31. The number of hydrogen-bond acceptors (Lipinski definition) is 3. The molecule has 1 saturated carbocycles. The van der Waals surface area contributed by atoms with E-state index in [0.29, 0.717) is 11.1 Å². The van der Waals surface area contributed by atoms with Crippen molar-refractivity contribution >= 4 is 11.7 Å². The third-order valence-electron chi connectivity index (χ3n) is 3.09. The summed E-state index contributed by atoms with van der Waals surface area (Å²) in [6.07, 6.45) is 3.66. The number of hydrogen-bond donors (Lipinski definition) is 3. The molecule has 1 aliphatic carbocycles. The Kier molecular flexibility index (Phi) is 3.82. The van der Waals surface area contributed by atoms with Crippen LogP contribution in [0.1, 0.15) is 35.2 Å². The average Bonchev–Trinajstić information content (AvgIpc) is 3.22. The van der Waals surface area contributed by atoms with E-state index in [1.165, 1.54) is 12.8 Å². The van der Waals surface area contributed by atoms with E-state index in [1.54, 1.807) is 24.3 Å². The van der Waals surface area contributed by atoms with Gasteiger partial charge >= 0.3 is 0 Å². The van der Waals surface area contributed by atoms with Crippen molar-refractivity contribution in [3.8, 4) is 0 Å². The monoisotopic (exact) mass is 247 g/mol. The Morgan fingerprint density at radius 1 is 1.33 bits per heavy atom. The zero-order valence-electron chi connectivity index (χ0n) is 10.1. The molecule has 0 radical (unpaired) electrons. The summed E-state index contributed by atoms with van der Waals surface area (Å²) in [4.78, 5) is 11.8. The Labute approximate surface area is 106 Å². The molecule has 0 spiro atoms. The van der Waals surface area contributed by atoms with Crippen LogP contribution in [0.25, 0.3) is 0 Å². The van der Waals surface area contributed by atoms with Crippen LogP contribution < -0.4 is 11.1 Å². The molecule has 96 valence electrons. The van der Waals surface area contributed by atoms with Crippen LogP contribution in [-0.4, -0.2) is 23.5 Å². The van der Waals surface area contributed by atoms with Crippen LogP contribution in [0.5, 0.6) is 0 Å². The summed E-state index contributed by atoms with van der Waals surface area (Å²) in [6.45, 7) is 0.728. The van der Waals surface area contributed by atoms with Gasteiger partial charge in [0.1, 0.15) is 0 Å². The Morgan fingerprint density at radius 2 is 1.94 bits per heavy atom. The van der Waals surface area contributed by atoms with Gasteiger partial charge in [-0.3, -0.25) is 4.79 Å². The van der Waals surface area contributed by atoms with Crippen molar-refractivity contribution in [2.24, 2.45) is 16.8 Å². The molecule has 0 bridgehead atoms. The first-order valence-corrected chi connectivity index (χ1v) is 6.07. The molecule has 1 amide bonds. The van der Waals surface area contributed by atoms with Crippen molar-refractivity contribution in [3.05, 3.63) is 35.4 Å². The number of amidine groups is 1. The molecule has 0 atom stereocenters. The Morgan fingerprint density at radius 3 is 2.50 bits per heavy atom. The lowest BCUT2D eigenvalue weighted by Gasteiger charge is -2.05. The second-order valence-electron chi connectivity index (χ2n) is 4.55. The third kappa shape index (κ3) is 3.23. The fourth-order valence-corrected chi connectivity index (χ4v) is 1.75. The normalized spacial score (nSPS) is 15.4. The second-order valence-corrected chi connectivity index (χ2v) is 4.55. The molecule has 1 aromatic rings. The van der Waals surface area contributed by atoms with E-state index >= 15 is 0 Å². The van der Waals surface area contributed by atoms with Crippen LogP contribution in [0.4, 0.5) is 0 Å². The standard InChI is InChI=1S/C13H17N3O2/c14-12(16-18)10-3-5-11(6-4-10)13(17)15-8-7-9-1-2-9/h3-6,9,18H,1-2,7-8H2,(H2,14,16)(H,15,17). The van der Waals surface area contributed by atoms with Crippen LogP contribution in [0.2, 0.25) is 0 Å². The lowest BCUT2D eigenvalue weighted by molar-refractivity contribution is 0.0952. The van der Waals surface area contributed by atoms with Gasteiger partial charge in [0.2, 0.25) is 0 Å². The molecule has 0 saturated heterocycles. The number of oxime groups is 1. The number of amides is 1. The van der Waals surface area contributed by atoms with Gasteiger partial charge in [-0.25, -0.2) is 0 Å². The first-order valence-electron chi connectivity index (χ1n) is 6.07. The Bertz CT molecular complexity index is 450. The van der Waals surface area contributed by atoms with Gasteiger partial charge in [-0.05, 0) is 24.5 Å². The summed E-state index contributed by atoms with van der Waals surface area (Å²) in [5.74, 6) is 0.769. The van der Waals surface area contributed by atoms with Gasteiger partial charge in [-0.1, -0.05) is 30.1 Å². The molecule has 4 N–H and O–H groups in total. The van der Waals surface area contributed by atoms with Gasteiger partial charge < -0.3 is 16.3 Å². The molecular formula is C13H17N3O2. The van der Waals surface area contributed by atoms with Crippen molar-refractivity contribution in [3.63, 3.8) is 0 Å². The molecule has 18 heavy (non-hydrogen) atoms. The van der Waals surface area contributed by atoms with Crippen molar-refractivity contribution in [1.29, 1.82) is 0 Å². The molecular weight excluding hydrogens is 230 g/mol. The topological polar surface area (TPSA) is 87.7 Å². The minimum atomic E-state index is -0.0818. The van der Waals surface area contributed by atoms with Crippen molar-refractivity contribution < 1.29 is 10.0 Å². The van der Waals surface area contributed by atoms with Gasteiger partial charge in [0.05, 0.1) is 0 Å². The fourth-order valence-electron chi connectivity index (χ4n) is 1.75. The lowest BCUT2D eigenvalue weighted by Crippen LogP contribution is -2.24. The molecule has 1 aromatic carbocycles. The summed E-state index contributed by atoms with van der Waals surface area (Å²) < 4.78 is 0. The second kappa shape index (κ2) is 5.53. The fraction of sp³-hybridized carbons (Fsp3) is 0.385. The largest absolute Gasteiger partial charge is 0.409 e. The van der Waals surface area contributed by atoms with Gasteiger partial charge in [-0.2, -0.15) is 0 Å². The van der Waals surface area contributed by atoms with Gasteiger partial charge in [0.15, 0.2) is 5.84 Å².